The lowest BCUT2D eigenvalue weighted by Gasteiger charge is -2.12. The van der Waals surface area contributed by atoms with E-state index in [0.29, 0.717) is 17.6 Å². The Morgan fingerprint density at radius 3 is 2.93 bits per heavy atom. The molecule has 5 heteroatoms. The minimum absolute atomic E-state index is 0.475. The lowest BCUT2D eigenvalue weighted by Crippen LogP contribution is -2.16. The Morgan fingerprint density at radius 2 is 2.36 bits per heavy atom. The SMILES string of the molecule is COc1c(N)nsc1NC(C)C1CC1. The largest absolute Gasteiger partial charge is 0.490 e. The molecule has 0 bridgehead atoms. The Labute approximate surface area is 87.6 Å². The van der Waals surface area contributed by atoms with E-state index in [1.807, 2.05) is 0 Å². The Balaban J connectivity index is 2.07. The zero-order valence-corrected chi connectivity index (χ0v) is 9.23. The van der Waals surface area contributed by atoms with Crippen molar-refractivity contribution in [3.8, 4) is 5.75 Å². The Bertz CT molecular complexity index is 322. The molecule has 0 radical (unpaired) electrons. The number of aromatic nitrogens is 1. The second kappa shape index (κ2) is 3.65. The van der Waals surface area contributed by atoms with Crippen LogP contribution in [0, 0.1) is 5.92 Å². The first-order valence-electron chi connectivity index (χ1n) is 4.78. The highest BCUT2D eigenvalue weighted by Gasteiger charge is 2.29. The summed E-state index contributed by atoms with van der Waals surface area (Å²) in [5.41, 5.74) is 5.65. The summed E-state index contributed by atoms with van der Waals surface area (Å²) in [5, 5.41) is 4.34. The van der Waals surface area contributed by atoms with Gasteiger partial charge in [0.25, 0.3) is 0 Å². The molecule has 1 aromatic rings. The van der Waals surface area contributed by atoms with Crippen molar-refractivity contribution < 1.29 is 4.74 Å². The molecule has 78 valence electrons. The fourth-order valence-electron chi connectivity index (χ4n) is 1.50. The number of nitrogens with one attached hydrogen (secondary N) is 1. The van der Waals surface area contributed by atoms with Gasteiger partial charge in [-0.25, -0.2) is 0 Å². The highest BCUT2D eigenvalue weighted by molar-refractivity contribution is 7.11. The first kappa shape index (κ1) is 9.58. The first-order chi connectivity index (χ1) is 6.72. The van der Waals surface area contributed by atoms with Gasteiger partial charge in [-0.15, -0.1) is 0 Å². The molecule has 1 saturated carbocycles. The van der Waals surface area contributed by atoms with Crippen LogP contribution in [0.4, 0.5) is 10.8 Å². The molecule has 0 aromatic carbocycles. The summed E-state index contributed by atoms with van der Waals surface area (Å²) < 4.78 is 9.23. The summed E-state index contributed by atoms with van der Waals surface area (Å²) in [6, 6.07) is 0.490. The van der Waals surface area contributed by atoms with Crippen LogP contribution in [0.3, 0.4) is 0 Å². The number of hydrogen-bond acceptors (Lipinski definition) is 5. The van der Waals surface area contributed by atoms with E-state index < -0.39 is 0 Å². The molecular formula is C9H15N3OS. The van der Waals surface area contributed by atoms with E-state index in [2.05, 4.69) is 16.6 Å². The molecule has 1 heterocycles. The van der Waals surface area contributed by atoms with Gasteiger partial charge < -0.3 is 15.8 Å². The molecule has 1 atom stereocenters. The van der Waals surface area contributed by atoms with Crippen LogP contribution < -0.4 is 15.8 Å². The molecule has 4 nitrogen and oxygen atoms in total. The van der Waals surface area contributed by atoms with Crippen LogP contribution in [-0.4, -0.2) is 17.5 Å². The van der Waals surface area contributed by atoms with Crippen LogP contribution in [0.2, 0.25) is 0 Å². The maximum absolute atomic E-state index is 5.65. The van der Waals surface area contributed by atoms with Crippen molar-refractivity contribution in [2.45, 2.75) is 25.8 Å². The van der Waals surface area contributed by atoms with Crippen LogP contribution in [0.25, 0.3) is 0 Å². The molecule has 1 unspecified atom stereocenters. The highest BCUT2D eigenvalue weighted by atomic mass is 32.1. The number of nitrogens with two attached hydrogens (primary N) is 1. The summed E-state index contributed by atoms with van der Waals surface area (Å²) >= 11 is 1.36. The van der Waals surface area contributed by atoms with E-state index in [4.69, 9.17) is 10.5 Å². The predicted molar refractivity (Wildman–Crippen MR) is 58.9 cm³/mol. The highest BCUT2D eigenvalue weighted by Crippen LogP contribution is 2.39. The number of methoxy groups -OCH3 is 1. The fourth-order valence-corrected chi connectivity index (χ4v) is 2.29. The van der Waals surface area contributed by atoms with Crippen molar-refractivity contribution >= 4 is 22.4 Å². The van der Waals surface area contributed by atoms with Crippen molar-refractivity contribution in [1.29, 1.82) is 0 Å². The molecule has 1 aromatic heterocycles. The van der Waals surface area contributed by atoms with Gasteiger partial charge in [-0.2, -0.15) is 4.37 Å². The molecule has 0 amide bonds. The van der Waals surface area contributed by atoms with Crippen LogP contribution >= 0.6 is 11.5 Å². The van der Waals surface area contributed by atoms with E-state index in [1.54, 1.807) is 7.11 Å². The number of nitrogens with zero attached hydrogens (tertiary/aromatic N) is 1. The monoisotopic (exact) mass is 213 g/mol. The van der Waals surface area contributed by atoms with Crippen molar-refractivity contribution in [3.63, 3.8) is 0 Å². The molecule has 0 aliphatic heterocycles. The molecule has 14 heavy (non-hydrogen) atoms. The van der Waals surface area contributed by atoms with Gasteiger partial charge in [-0.3, -0.25) is 0 Å². The Morgan fingerprint density at radius 1 is 1.64 bits per heavy atom. The second-order valence-corrected chi connectivity index (χ2v) is 4.47. The van der Waals surface area contributed by atoms with Crippen LogP contribution in [-0.2, 0) is 0 Å². The zero-order chi connectivity index (χ0) is 10.1. The van der Waals surface area contributed by atoms with Crippen LogP contribution in [0.1, 0.15) is 19.8 Å². The quantitative estimate of drug-likeness (QED) is 0.802. The van der Waals surface area contributed by atoms with Gasteiger partial charge in [0.15, 0.2) is 16.6 Å². The predicted octanol–water partition coefficient (Wildman–Crippen LogP) is 1.94. The van der Waals surface area contributed by atoms with E-state index in [0.717, 1.165) is 10.9 Å². The topological polar surface area (TPSA) is 60.2 Å². The van der Waals surface area contributed by atoms with E-state index in [-0.39, 0.29) is 0 Å². The summed E-state index contributed by atoms with van der Waals surface area (Å²) in [6.45, 7) is 2.19. The van der Waals surface area contributed by atoms with Crippen molar-refractivity contribution in [2.24, 2.45) is 5.92 Å². The molecule has 3 N–H and O–H groups in total. The van der Waals surface area contributed by atoms with Gasteiger partial charge >= 0.3 is 0 Å². The van der Waals surface area contributed by atoms with Gasteiger partial charge in [0.1, 0.15) is 0 Å². The van der Waals surface area contributed by atoms with E-state index in [9.17, 15) is 0 Å². The summed E-state index contributed by atoms with van der Waals surface area (Å²) in [5.74, 6) is 1.97. The average Bonchev–Trinajstić information content (AvgIpc) is 2.93. The summed E-state index contributed by atoms with van der Waals surface area (Å²) in [4.78, 5) is 0. The van der Waals surface area contributed by atoms with Crippen LogP contribution in [0.5, 0.6) is 5.75 Å². The van der Waals surface area contributed by atoms with Gasteiger partial charge in [-0.05, 0) is 37.2 Å². The molecule has 0 spiro atoms. The number of rotatable bonds is 4. The first-order valence-corrected chi connectivity index (χ1v) is 5.55. The maximum atomic E-state index is 5.65. The van der Waals surface area contributed by atoms with Gasteiger partial charge in [-0.1, -0.05) is 0 Å². The molecule has 0 saturated heterocycles. The third-order valence-corrected chi connectivity index (χ3v) is 3.34. The minimum atomic E-state index is 0.475. The molecule has 1 aliphatic carbocycles. The van der Waals surface area contributed by atoms with Gasteiger partial charge in [0, 0.05) is 6.04 Å². The Kier molecular flexibility index (Phi) is 2.50. The average molecular weight is 213 g/mol. The lowest BCUT2D eigenvalue weighted by atomic mass is 10.2. The number of ether oxygens (including phenoxy) is 1. The second-order valence-electron chi connectivity index (χ2n) is 3.70. The van der Waals surface area contributed by atoms with Gasteiger partial charge in [0.05, 0.1) is 7.11 Å². The third-order valence-electron chi connectivity index (χ3n) is 2.57. The normalized spacial score (nSPS) is 17.9. The number of anilines is 2. The minimum Gasteiger partial charge on any atom is -0.490 e. The fraction of sp³-hybridized carbons (Fsp3) is 0.667. The van der Waals surface area contributed by atoms with E-state index >= 15 is 0 Å². The molecule has 1 fully saturated rings. The Hall–Kier alpha value is -0.970. The standard InChI is InChI=1S/C9H15N3OS/c1-5(6-3-4-6)11-9-7(13-2)8(10)12-14-9/h5-6,11H,3-4H2,1-2H3,(H2,10,12). The smallest absolute Gasteiger partial charge is 0.197 e. The molecule has 1 aliphatic rings. The molecule has 2 rings (SSSR count). The maximum Gasteiger partial charge on any atom is 0.197 e. The summed E-state index contributed by atoms with van der Waals surface area (Å²) in [6.07, 6.45) is 2.65. The van der Waals surface area contributed by atoms with Crippen LogP contribution in [0.15, 0.2) is 0 Å². The van der Waals surface area contributed by atoms with E-state index in [1.165, 1.54) is 24.4 Å². The zero-order valence-electron chi connectivity index (χ0n) is 8.41. The molecular weight excluding hydrogens is 198 g/mol. The third kappa shape index (κ3) is 1.77. The lowest BCUT2D eigenvalue weighted by molar-refractivity contribution is 0.419. The van der Waals surface area contributed by atoms with Gasteiger partial charge in [0.2, 0.25) is 0 Å². The number of hydrogen-bond donors (Lipinski definition) is 2. The number of nitrogen functional groups attached to an aromatic ring is 1. The van der Waals surface area contributed by atoms with Crippen molar-refractivity contribution in [2.75, 3.05) is 18.2 Å². The summed E-state index contributed by atoms with van der Waals surface area (Å²) in [7, 11) is 1.62. The van der Waals surface area contributed by atoms with Crippen molar-refractivity contribution in [3.05, 3.63) is 0 Å². The van der Waals surface area contributed by atoms with Crippen molar-refractivity contribution in [1.82, 2.24) is 4.37 Å².